The number of esters is 1. The SMILES string of the molecule is CCOC(=O)C1=C(C)N=c2s/c(=C\c3cc(Br)cc(I)c3OCc3ccc(Cl)cc3Cl)c(=O)n2[C@H]1c1ccc(OCC)cc1. The van der Waals surface area contributed by atoms with Gasteiger partial charge >= 0.3 is 5.97 Å². The molecule has 0 aliphatic carbocycles. The van der Waals surface area contributed by atoms with Gasteiger partial charge in [0.1, 0.15) is 18.1 Å². The Balaban J connectivity index is 1.63. The average molecular weight is 828 g/mol. The van der Waals surface area contributed by atoms with E-state index in [2.05, 4.69) is 43.5 Å². The van der Waals surface area contributed by atoms with Crippen molar-refractivity contribution in [1.29, 1.82) is 0 Å². The minimum atomic E-state index is -0.728. The maximum atomic E-state index is 14.1. The van der Waals surface area contributed by atoms with Gasteiger partial charge in [0.15, 0.2) is 4.80 Å². The van der Waals surface area contributed by atoms with Gasteiger partial charge in [0, 0.05) is 25.6 Å². The summed E-state index contributed by atoms with van der Waals surface area (Å²) < 4.78 is 20.9. The number of carbonyl (C=O) groups excluding carboxylic acids is 1. The number of allylic oxidation sites excluding steroid dienone is 1. The van der Waals surface area contributed by atoms with Crippen LogP contribution in [0.3, 0.4) is 0 Å². The lowest BCUT2D eigenvalue weighted by Crippen LogP contribution is -2.39. The van der Waals surface area contributed by atoms with E-state index in [0.717, 1.165) is 19.2 Å². The fraction of sp³-hybridized carbons (Fsp3) is 0.219. The summed E-state index contributed by atoms with van der Waals surface area (Å²) >= 11 is 19.5. The lowest BCUT2D eigenvalue weighted by Gasteiger charge is -2.24. The predicted octanol–water partition coefficient (Wildman–Crippen LogP) is 7.45. The molecule has 0 saturated carbocycles. The first-order valence-electron chi connectivity index (χ1n) is 13.6. The summed E-state index contributed by atoms with van der Waals surface area (Å²) in [7, 11) is 0. The van der Waals surface area contributed by atoms with Crippen molar-refractivity contribution in [2.75, 3.05) is 13.2 Å². The molecule has 1 aliphatic rings. The van der Waals surface area contributed by atoms with E-state index in [-0.39, 0.29) is 18.8 Å². The first kappa shape index (κ1) is 32.7. The lowest BCUT2D eigenvalue weighted by molar-refractivity contribution is -0.139. The van der Waals surface area contributed by atoms with E-state index in [9.17, 15) is 9.59 Å². The van der Waals surface area contributed by atoms with Crippen molar-refractivity contribution in [3.63, 3.8) is 0 Å². The maximum absolute atomic E-state index is 14.1. The van der Waals surface area contributed by atoms with Gasteiger partial charge in [-0.15, -0.1) is 0 Å². The third-order valence-electron chi connectivity index (χ3n) is 6.73. The number of hydrogen-bond donors (Lipinski definition) is 0. The number of nitrogens with zero attached hydrogens (tertiary/aromatic N) is 2. The molecule has 4 aromatic rings. The first-order valence-corrected chi connectivity index (χ1v) is 17.0. The molecule has 2 heterocycles. The Morgan fingerprint density at radius 3 is 2.52 bits per heavy atom. The van der Waals surface area contributed by atoms with E-state index >= 15 is 0 Å². The van der Waals surface area contributed by atoms with Crippen LogP contribution in [0.4, 0.5) is 0 Å². The van der Waals surface area contributed by atoms with Crippen LogP contribution >= 0.6 is 73.1 Å². The van der Waals surface area contributed by atoms with Gasteiger partial charge < -0.3 is 14.2 Å². The van der Waals surface area contributed by atoms with E-state index in [4.69, 9.17) is 37.4 Å². The number of aromatic nitrogens is 1. The molecule has 0 amide bonds. The molecule has 0 N–H and O–H groups in total. The standard InChI is InChI=1S/C32H26BrCl2IN2O5S/c1-4-41-23-10-7-18(8-11-23)28-27(31(40)42-5-2)17(3)37-32-38(28)30(39)26(44-32)13-20-12-21(33)14-25(36)29(20)43-16-19-6-9-22(34)15-24(19)35/h6-15,28H,4-5,16H2,1-3H3/b26-13-/t28-/m0/s1. The van der Waals surface area contributed by atoms with Gasteiger partial charge in [-0.25, -0.2) is 9.79 Å². The van der Waals surface area contributed by atoms with Gasteiger partial charge in [0.2, 0.25) is 0 Å². The Labute approximate surface area is 290 Å². The molecule has 44 heavy (non-hydrogen) atoms. The fourth-order valence-electron chi connectivity index (χ4n) is 4.79. The third kappa shape index (κ3) is 6.94. The minimum absolute atomic E-state index is 0.196. The molecular weight excluding hydrogens is 802 g/mol. The smallest absolute Gasteiger partial charge is 0.338 e. The predicted molar refractivity (Wildman–Crippen MR) is 186 cm³/mol. The van der Waals surface area contributed by atoms with Gasteiger partial charge in [-0.1, -0.05) is 68.7 Å². The Hall–Kier alpha value is -2.64. The van der Waals surface area contributed by atoms with Crippen LogP contribution in [-0.2, 0) is 16.1 Å². The van der Waals surface area contributed by atoms with Gasteiger partial charge in [-0.2, -0.15) is 0 Å². The first-order chi connectivity index (χ1) is 21.1. The summed E-state index contributed by atoms with van der Waals surface area (Å²) in [4.78, 5) is 32.5. The quantitative estimate of drug-likeness (QED) is 0.130. The Kier molecular flexibility index (Phi) is 10.6. The molecule has 0 saturated heterocycles. The monoisotopic (exact) mass is 826 g/mol. The molecule has 0 fully saturated rings. The van der Waals surface area contributed by atoms with Crippen molar-refractivity contribution < 1.29 is 19.0 Å². The van der Waals surface area contributed by atoms with Crippen molar-refractivity contribution >= 4 is 85.1 Å². The number of halogens is 4. The van der Waals surface area contributed by atoms with E-state index in [1.54, 1.807) is 36.6 Å². The minimum Gasteiger partial charge on any atom is -0.494 e. The van der Waals surface area contributed by atoms with E-state index < -0.39 is 12.0 Å². The molecule has 0 spiro atoms. The molecule has 3 aromatic carbocycles. The Bertz CT molecular complexity index is 1960. The number of carbonyl (C=O) groups is 1. The topological polar surface area (TPSA) is 79.1 Å². The van der Waals surface area contributed by atoms with Crippen LogP contribution in [0.15, 0.2) is 80.1 Å². The maximum Gasteiger partial charge on any atom is 0.338 e. The van der Waals surface area contributed by atoms with Gasteiger partial charge in [-0.3, -0.25) is 9.36 Å². The number of benzene rings is 3. The molecule has 1 aliphatic heterocycles. The highest BCUT2D eigenvalue weighted by atomic mass is 127. The third-order valence-corrected chi connectivity index (χ3v) is 9.56. The molecule has 0 unspecified atom stereocenters. The van der Waals surface area contributed by atoms with Gasteiger partial charge in [0.05, 0.1) is 38.6 Å². The summed E-state index contributed by atoms with van der Waals surface area (Å²) in [6, 6.07) is 15.7. The van der Waals surface area contributed by atoms with Crippen molar-refractivity contribution in [2.24, 2.45) is 4.99 Å². The molecule has 1 aromatic heterocycles. The molecule has 5 rings (SSSR count). The average Bonchev–Trinajstić information content (AvgIpc) is 3.27. The Morgan fingerprint density at radius 2 is 1.84 bits per heavy atom. The number of fused-ring (bicyclic) bond motifs is 1. The van der Waals surface area contributed by atoms with E-state index in [1.807, 2.05) is 49.4 Å². The largest absolute Gasteiger partial charge is 0.494 e. The summed E-state index contributed by atoms with van der Waals surface area (Å²) in [5.74, 6) is 0.774. The van der Waals surface area contributed by atoms with Crippen LogP contribution in [-0.4, -0.2) is 23.8 Å². The van der Waals surface area contributed by atoms with Crippen molar-refractivity contribution in [3.05, 3.63) is 120 Å². The molecule has 7 nitrogen and oxygen atoms in total. The highest BCUT2D eigenvalue weighted by Gasteiger charge is 2.33. The highest BCUT2D eigenvalue weighted by molar-refractivity contribution is 14.1. The molecule has 12 heteroatoms. The molecular formula is C32H26BrCl2IN2O5S. The second-order valence-corrected chi connectivity index (χ2v) is 13.6. The zero-order chi connectivity index (χ0) is 31.5. The van der Waals surface area contributed by atoms with Crippen LogP contribution < -0.4 is 24.4 Å². The van der Waals surface area contributed by atoms with Crippen LogP contribution in [0.25, 0.3) is 6.08 Å². The number of ether oxygens (including phenoxy) is 3. The van der Waals surface area contributed by atoms with Crippen LogP contribution in [0, 0.1) is 3.57 Å². The summed E-state index contributed by atoms with van der Waals surface area (Å²) in [5.41, 5.74) is 2.73. The second kappa shape index (κ2) is 14.2. The van der Waals surface area contributed by atoms with Crippen LogP contribution in [0.5, 0.6) is 11.5 Å². The summed E-state index contributed by atoms with van der Waals surface area (Å²) in [6.07, 6.45) is 1.79. The van der Waals surface area contributed by atoms with Gasteiger partial charge in [-0.05, 0) is 91.4 Å². The normalized spacial score (nSPS) is 14.7. The lowest BCUT2D eigenvalue weighted by atomic mass is 9.96. The molecule has 228 valence electrons. The number of rotatable bonds is 9. The van der Waals surface area contributed by atoms with Gasteiger partial charge in [0.25, 0.3) is 5.56 Å². The van der Waals surface area contributed by atoms with Crippen LogP contribution in [0.2, 0.25) is 10.0 Å². The summed E-state index contributed by atoms with van der Waals surface area (Å²) in [5, 5.41) is 1.04. The fourth-order valence-corrected chi connectivity index (χ4v) is 8.00. The van der Waals surface area contributed by atoms with Crippen LogP contribution in [0.1, 0.15) is 43.5 Å². The van der Waals surface area contributed by atoms with Crippen molar-refractivity contribution in [1.82, 2.24) is 4.57 Å². The summed E-state index contributed by atoms with van der Waals surface area (Å²) in [6.45, 7) is 6.34. The second-order valence-electron chi connectivity index (χ2n) is 9.63. The molecule has 0 radical (unpaired) electrons. The van der Waals surface area contributed by atoms with E-state index in [0.29, 0.717) is 54.3 Å². The zero-order valence-electron chi connectivity index (χ0n) is 23.8. The van der Waals surface area contributed by atoms with Crippen molar-refractivity contribution in [2.45, 2.75) is 33.4 Å². The zero-order valence-corrected chi connectivity index (χ0v) is 29.9. The Morgan fingerprint density at radius 1 is 1.09 bits per heavy atom. The molecule has 0 bridgehead atoms. The molecule has 1 atom stereocenters. The number of hydrogen-bond acceptors (Lipinski definition) is 7. The van der Waals surface area contributed by atoms with Crippen molar-refractivity contribution in [3.8, 4) is 11.5 Å². The van der Waals surface area contributed by atoms with E-state index in [1.165, 1.54) is 11.3 Å². The highest BCUT2D eigenvalue weighted by Crippen LogP contribution is 2.34. The number of thiazole rings is 1.